The van der Waals surface area contributed by atoms with E-state index < -0.39 is 0 Å². The van der Waals surface area contributed by atoms with Gasteiger partial charge >= 0.3 is 0 Å². The Bertz CT molecular complexity index is 347. The van der Waals surface area contributed by atoms with Crippen molar-refractivity contribution in [1.29, 1.82) is 0 Å². The molecule has 0 unspecified atom stereocenters. The van der Waals surface area contributed by atoms with Gasteiger partial charge in [-0.05, 0) is 30.9 Å². The van der Waals surface area contributed by atoms with Gasteiger partial charge in [-0.3, -0.25) is 4.98 Å². The molecule has 0 aliphatic heterocycles. The maximum atomic E-state index is 12.9. The normalized spacial score (nSPS) is 18.1. The maximum absolute atomic E-state index is 12.9. The standard InChI is InChI=1S/C12H17FN2O/c1-16-12(3-2-4-12)9-15-7-10-5-11(13)8-14-6-10/h5-6,8,15H,2-4,7,9H2,1H3. The Hall–Kier alpha value is -1.00. The first kappa shape index (κ1) is 11.5. The quantitative estimate of drug-likeness (QED) is 0.829. The van der Waals surface area contributed by atoms with Crippen LogP contribution in [0, 0.1) is 5.82 Å². The average Bonchev–Trinajstić information content (AvgIpc) is 2.22. The SMILES string of the molecule is COC1(CNCc2cncc(F)c2)CCC1. The molecule has 0 aromatic carbocycles. The van der Waals surface area contributed by atoms with E-state index in [4.69, 9.17) is 4.74 Å². The van der Waals surface area contributed by atoms with Gasteiger partial charge < -0.3 is 10.1 Å². The molecule has 0 bridgehead atoms. The van der Waals surface area contributed by atoms with Gasteiger partial charge in [-0.1, -0.05) is 0 Å². The summed E-state index contributed by atoms with van der Waals surface area (Å²) in [6.45, 7) is 1.45. The second-order valence-electron chi connectivity index (χ2n) is 4.36. The Morgan fingerprint density at radius 2 is 2.31 bits per heavy atom. The summed E-state index contributed by atoms with van der Waals surface area (Å²) in [5.41, 5.74) is 0.881. The van der Waals surface area contributed by atoms with Crippen molar-refractivity contribution in [3.05, 3.63) is 29.8 Å². The molecule has 0 saturated heterocycles. The van der Waals surface area contributed by atoms with Crippen molar-refractivity contribution in [2.45, 2.75) is 31.4 Å². The second-order valence-corrected chi connectivity index (χ2v) is 4.36. The Balaban J connectivity index is 1.79. The third-order valence-corrected chi connectivity index (χ3v) is 3.24. The molecule has 0 spiro atoms. The van der Waals surface area contributed by atoms with Crippen LogP contribution in [0.2, 0.25) is 0 Å². The molecule has 1 fully saturated rings. The van der Waals surface area contributed by atoms with E-state index in [9.17, 15) is 4.39 Å². The highest BCUT2D eigenvalue weighted by atomic mass is 19.1. The lowest BCUT2D eigenvalue weighted by molar-refractivity contribution is -0.0695. The first-order valence-electron chi connectivity index (χ1n) is 5.59. The zero-order valence-corrected chi connectivity index (χ0v) is 9.50. The number of halogens is 1. The first-order chi connectivity index (χ1) is 7.74. The molecule has 1 N–H and O–H groups in total. The molecular formula is C12H17FN2O. The molecule has 2 rings (SSSR count). The Morgan fingerprint density at radius 3 is 2.88 bits per heavy atom. The van der Waals surface area contributed by atoms with Crippen molar-refractivity contribution in [3.63, 3.8) is 0 Å². The van der Waals surface area contributed by atoms with Crippen LogP contribution in [0.25, 0.3) is 0 Å². The number of methoxy groups -OCH3 is 1. The number of nitrogens with one attached hydrogen (secondary N) is 1. The van der Waals surface area contributed by atoms with Crippen LogP contribution in [-0.4, -0.2) is 24.2 Å². The fraction of sp³-hybridized carbons (Fsp3) is 0.583. The third kappa shape index (κ3) is 2.57. The van der Waals surface area contributed by atoms with Crippen molar-refractivity contribution in [1.82, 2.24) is 10.3 Å². The molecule has 4 heteroatoms. The summed E-state index contributed by atoms with van der Waals surface area (Å²) in [6, 6.07) is 1.50. The number of rotatable bonds is 5. The van der Waals surface area contributed by atoms with E-state index in [0.717, 1.165) is 24.9 Å². The van der Waals surface area contributed by atoms with E-state index in [2.05, 4.69) is 10.3 Å². The zero-order chi connectivity index (χ0) is 11.4. The number of pyridine rings is 1. The molecule has 0 amide bonds. The monoisotopic (exact) mass is 224 g/mol. The minimum Gasteiger partial charge on any atom is -0.377 e. The van der Waals surface area contributed by atoms with E-state index in [1.165, 1.54) is 18.7 Å². The van der Waals surface area contributed by atoms with Crippen LogP contribution in [0.4, 0.5) is 4.39 Å². The van der Waals surface area contributed by atoms with Gasteiger partial charge in [0.1, 0.15) is 5.82 Å². The van der Waals surface area contributed by atoms with E-state index in [1.807, 2.05) is 0 Å². The van der Waals surface area contributed by atoms with Crippen molar-refractivity contribution in [2.75, 3.05) is 13.7 Å². The summed E-state index contributed by atoms with van der Waals surface area (Å²) >= 11 is 0. The van der Waals surface area contributed by atoms with Gasteiger partial charge in [0.15, 0.2) is 0 Å². The number of ether oxygens (including phenoxy) is 1. The van der Waals surface area contributed by atoms with Crippen LogP contribution < -0.4 is 5.32 Å². The Kier molecular flexibility index (Phi) is 3.51. The molecule has 88 valence electrons. The summed E-state index contributed by atoms with van der Waals surface area (Å²) in [5.74, 6) is -0.288. The molecule has 3 nitrogen and oxygen atoms in total. The fourth-order valence-corrected chi connectivity index (χ4v) is 2.01. The maximum Gasteiger partial charge on any atom is 0.141 e. The van der Waals surface area contributed by atoms with Crippen LogP contribution in [-0.2, 0) is 11.3 Å². The van der Waals surface area contributed by atoms with Crippen LogP contribution in [0.15, 0.2) is 18.5 Å². The molecule has 1 saturated carbocycles. The van der Waals surface area contributed by atoms with Gasteiger partial charge in [0, 0.05) is 26.4 Å². The van der Waals surface area contributed by atoms with Gasteiger partial charge in [-0.2, -0.15) is 0 Å². The topological polar surface area (TPSA) is 34.1 Å². The molecule has 16 heavy (non-hydrogen) atoms. The van der Waals surface area contributed by atoms with Crippen molar-refractivity contribution >= 4 is 0 Å². The lowest BCUT2D eigenvalue weighted by Gasteiger charge is -2.40. The van der Waals surface area contributed by atoms with Gasteiger partial charge in [0.05, 0.1) is 11.8 Å². The molecule has 0 atom stereocenters. The minimum absolute atomic E-state index is 0.0146. The molecule has 1 aliphatic rings. The van der Waals surface area contributed by atoms with Crippen LogP contribution in [0.1, 0.15) is 24.8 Å². The summed E-state index contributed by atoms with van der Waals surface area (Å²) in [4.78, 5) is 3.81. The van der Waals surface area contributed by atoms with E-state index in [1.54, 1.807) is 13.3 Å². The number of hydrogen-bond donors (Lipinski definition) is 1. The summed E-state index contributed by atoms with van der Waals surface area (Å²) in [6.07, 6.45) is 6.34. The van der Waals surface area contributed by atoms with Crippen molar-refractivity contribution in [2.24, 2.45) is 0 Å². The Labute approximate surface area is 95.0 Å². The first-order valence-corrected chi connectivity index (χ1v) is 5.59. The predicted octanol–water partition coefficient (Wildman–Crippen LogP) is 1.88. The van der Waals surface area contributed by atoms with E-state index in [0.29, 0.717) is 6.54 Å². The van der Waals surface area contributed by atoms with Crippen LogP contribution in [0.5, 0.6) is 0 Å². The summed E-state index contributed by atoms with van der Waals surface area (Å²) in [5, 5.41) is 3.29. The zero-order valence-electron chi connectivity index (χ0n) is 9.50. The number of hydrogen-bond acceptors (Lipinski definition) is 3. The lowest BCUT2D eigenvalue weighted by Crippen LogP contribution is -2.47. The highest BCUT2D eigenvalue weighted by Gasteiger charge is 2.36. The minimum atomic E-state index is -0.288. The molecule has 1 heterocycles. The van der Waals surface area contributed by atoms with Gasteiger partial charge in [0.25, 0.3) is 0 Å². The molecule has 1 aliphatic carbocycles. The van der Waals surface area contributed by atoms with Crippen molar-refractivity contribution < 1.29 is 9.13 Å². The molecular weight excluding hydrogens is 207 g/mol. The van der Waals surface area contributed by atoms with E-state index >= 15 is 0 Å². The van der Waals surface area contributed by atoms with Gasteiger partial charge in [-0.15, -0.1) is 0 Å². The average molecular weight is 224 g/mol. The summed E-state index contributed by atoms with van der Waals surface area (Å²) < 4.78 is 18.3. The number of aromatic nitrogens is 1. The van der Waals surface area contributed by atoms with Crippen LogP contribution >= 0.6 is 0 Å². The second kappa shape index (κ2) is 4.89. The molecule has 0 radical (unpaired) electrons. The molecule has 1 aromatic rings. The lowest BCUT2D eigenvalue weighted by atomic mass is 9.80. The molecule has 1 aromatic heterocycles. The fourth-order valence-electron chi connectivity index (χ4n) is 2.01. The predicted molar refractivity (Wildman–Crippen MR) is 59.5 cm³/mol. The van der Waals surface area contributed by atoms with Gasteiger partial charge in [-0.25, -0.2) is 4.39 Å². The highest BCUT2D eigenvalue weighted by Crippen LogP contribution is 2.34. The highest BCUT2D eigenvalue weighted by molar-refractivity contribution is 5.09. The van der Waals surface area contributed by atoms with Crippen molar-refractivity contribution in [3.8, 4) is 0 Å². The smallest absolute Gasteiger partial charge is 0.141 e. The number of nitrogens with zero attached hydrogens (tertiary/aromatic N) is 1. The Morgan fingerprint density at radius 1 is 1.50 bits per heavy atom. The summed E-state index contributed by atoms with van der Waals surface area (Å²) in [7, 11) is 1.75. The van der Waals surface area contributed by atoms with Crippen LogP contribution in [0.3, 0.4) is 0 Å². The largest absolute Gasteiger partial charge is 0.377 e. The third-order valence-electron chi connectivity index (χ3n) is 3.24. The van der Waals surface area contributed by atoms with Gasteiger partial charge in [0.2, 0.25) is 0 Å². The van der Waals surface area contributed by atoms with E-state index in [-0.39, 0.29) is 11.4 Å².